The van der Waals surface area contributed by atoms with E-state index in [1.54, 1.807) is 0 Å². The van der Waals surface area contributed by atoms with Gasteiger partial charge in [-0.1, -0.05) is 59.6 Å². The maximum atomic E-state index is 12.7. The van der Waals surface area contributed by atoms with Crippen molar-refractivity contribution in [1.82, 2.24) is 58.8 Å². The highest BCUT2D eigenvalue weighted by molar-refractivity contribution is 6.31. The van der Waals surface area contributed by atoms with Gasteiger partial charge < -0.3 is 58.1 Å². The van der Waals surface area contributed by atoms with Crippen LogP contribution in [0.15, 0.2) is 72.8 Å². The van der Waals surface area contributed by atoms with Crippen molar-refractivity contribution in [1.29, 1.82) is 0 Å². The number of amides is 4. The van der Waals surface area contributed by atoms with Gasteiger partial charge in [-0.25, -0.2) is 19.2 Å². The van der Waals surface area contributed by atoms with E-state index in [1.165, 1.54) is 218 Å². The van der Waals surface area contributed by atoms with Crippen LogP contribution in [0, 0.1) is 37.5 Å². The van der Waals surface area contributed by atoms with Crippen molar-refractivity contribution in [2.75, 3.05) is 216 Å². The van der Waals surface area contributed by atoms with Crippen molar-refractivity contribution < 1.29 is 90.8 Å². The molecule has 0 radical (unpaired) electrons. The Morgan fingerprint density at radius 3 is 0.814 bits per heavy atom. The zero-order chi connectivity index (χ0) is 99.1. The summed E-state index contributed by atoms with van der Waals surface area (Å²) in [5.74, 6) is 2.92. The SMILES string of the molecule is CC(OC(=O)N1CCN(Cc2ccc(Cl)cc2N2CC3CN(C4CC4)CC3C2)CC1)C(F)(F)F.CC(OC(=O)N1CCN(Cc2ccc(Cl)cc2N2CCC3(CCCN3C3CC3)CC2)CC1)C(F)(F)F.Cc1ccc(CN2CCN(C(=O)OC(C)C(F)(F)F)CC2)c(N2CC3CN(C4CC4)CC3C2)c1.Cc1ccc(CN2CCN(C(=O)OC(C)C(F)(F)F)CC2)c(N2CCC3(CCCN3C3CC3)CC2)c1. The molecule has 12 saturated heterocycles. The zero-order valence-electron chi connectivity index (χ0n) is 81.9. The lowest BCUT2D eigenvalue weighted by Crippen LogP contribution is -2.53. The molecular formula is C102H142Cl2F12N16O8. The normalized spacial score (nSPS) is 25.7. The first-order valence-electron chi connectivity index (χ1n) is 51.4. The van der Waals surface area contributed by atoms with Crippen molar-refractivity contribution in [3.05, 3.63) is 116 Å². The lowest BCUT2D eigenvalue weighted by atomic mass is 9.84. The zero-order valence-corrected chi connectivity index (χ0v) is 83.4. The third-order valence-electron chi connectivity index (χ3n) is 32.8. The van der Waals surface area contributed by atoms with Gasteiger partial charge in [0.1, 0.15) is 0 Å². The smallest absolute Gasteiger partial charge is 0.425 e. The van der Waals surface area contributed by atoms with Gasteiger partial charge in [-0.3, -0.25) is 39.2 Å². The molecule has 20 rings (SSSR count). The average Bonchev–Trinajstić information content (AvgIpc) is 1.57. The Kier molecular flexibility index (Phi) is 32.5. The molecule has 16 aliphatic rings. The minimum absolute atomic E-state index is 0.343. The number of alkyl halides is 12. The quantitative estimate of drug-likeness (QED) is 0.0607. The van der Waals surface area contributed by atoms with Gasteiger partial charge in [-0.05, 0) is 251 Å². The Bertz CT molecular complexity index is 4550. The standard InChI is InChI=1S/C27H39F3N4O2.C26H36ClF3N4O2.C25H35F3N4O2.C24H32ClF3N4O2/c1-20-4-5-22(19-31-14-16-33(17-15-31)25(35)36-21(2)27(28,29)30)24(18-20)32-12-9-26(10-13-32)8-3-11-34(26)23-6-7-23;1-19(26(28,29)30)36-24(35)33-15-13-31(14-16-33)18-20-3-4-21(27)17-23(20)32-11-8-25(9-12-32)7-2-10-34(25)22-5-6-22;1-17-3-4-19(12-29-7-9-30(10-8-29)24(33)34-18(2)25(26,27)28)23(11-17)32-15-20-13-31(22-5-6-22)14-21(20)16-32;1-16(24(26,27)28)34-23(33)30-8-6-29(7-9-30)11-17-2-3-20(25)10-22(17)32-14-18-12-31(21-4-5-21)13-19(18)15-32/h4-5,18,21,23H,3,6-17,19H2,1-2H3;3-4,17,19,22H,2,5-16,18H2,1H3;3-4,11,18,20-22H,5-10,12-16H2,1-2H3;2-3,10,16,18-19,21H,4-9,11-15H2,1H3. The second kappa shape index (κ2) is 43.7. The molecule has 24 nitrogen and oxygen atoms in total. The number of hydrogen-bond donors (Lipinski definition) is 0. The van der Waals surface area contributed by atoms with Crippen molar-refractivity contribution in [3.8, 4) is 0 Å². The van der Waals surface area contributed by atoms with E-state index in [0.29, 0.717) is 141 Å². The number of rotatable bonds is 20. The maximum absolute atomic E-state index is 12.7. The van der Waals surface area contributed by atoms with Crippen LogP contribution in [0.4, 0.5) is 94.6 Å². The van der Waals surface area contributed by atoms with Gasteiger partial charge in [0, 0.05) is 277 Å². The predicted molar refractivity (Wildman–Crippen MR) is 515 cm³/mol. The highest BCUT2D eigenvalue weighted by atomic mass is 35.5. The molecule has 140 heavy (non-hydrogen) atoms. The molecule has 2 spiro atoms. The molecule has 12 aliphatic heterocycles. The van der Waals surface area contributed by atoms with Gasteiger partial charge in [0.15, 0.2) is 24.4 Å². The summed E-state index contributed by atoms with van der Waals surface area (Å²) in [6, 6.07) is 28.8. The summed E-state index contributed by atoms with van der Waals surface area (Å²) in [7, 11) is 0. The van der Waals surface area contributed by atoms with Crippen LogP contribution >= 0.6 is 23.2 Å². The number of halogens is 14. The summed E-state index contributed by atoms with van der Waals surface area (Å²) in [5, 5.41) is 1.45. The molecule has 8 atom stereocenters. The molecule has 4 aromatic carbocycles. The molecule has 4 aliphatic carbocycles. The van der Waals surface area contributed by atoms with E-state index in [2.05, 4.69) is 152 Å². The summed E-state index contributed by atoms with van der Waals surface area (Å²) in [4.78, 5) is 84.1. The van der Waals surface area contributed by atoms with E-state index in [4.69, 9.17) is 23.2 Å². The third-order valence-corrected chi connectivity index (χ3v) is 33.3. The lowest BCUT2D eigenvalue weighted by molar-refractivity contribution is -0.200. The Balaban J connectivity index is 0.000000129. The van der Waals surface area contributed by atoms with E-state index >= 15 is 0 Å². The van der Waals surface area contributed by atoms with E-state index in [9.17, 15) is 71.9 Å². The first-order valence-corrected chi connectivity index (χ1v) is 52.1. The van der Waals surface area contributed by atoms with Crippen LogP contribution in [0.3, 0.4) is 0 Å². The average molecular weight is 2020 g/mol. The van der Waals surface area contributed by atoms with Crippen LogP contribution in [0.2, 0.25) is 10.0 Å². The number of piperazine rings is 4. The summed E-state index contributed by atoms with van der Waals surface area (Å²) in [5.41, 5.74) is 13.2. The van der Waals surface area contributed by atoms with E-state index < -0.39 is 73.5 Å². The first-order chi connectivity index (χ1) is 66.6. The minimum Gasteiger partial charge on any atom is -0.437 e. The van der Waals surface area contributed by atoms with E-state index in [-0.39, 0.29) is 0 Å². The number of fused-ring (bicyclic) bond motifs is 2. The van der Waals surface area contributed by atoms with Gasteiger partial charge >= 0.3 is 49.1 Å². The fourth-order valence-electron chi connectivity index (χ4n) is 23.8. The highest BCUT2D eigenvalue weighted by Gasteiger charge is 2.54. The van der Waals surface area contributed by atoms with Crippen LogP contribution in [-0.4, -0.2) is 364 Å². The molecule has 0 bridgehead atoms. The van der Waals surface area contributed by atoms with Crippen LogP contribution in [0.1, 0.15) is 164 Å². The topological polar surface area (TPSA) is 157 Å². The molecule has 12 heterocycles. The number of carbonyl (C=O) groups is 4. The number of hydrogen-bond acceptors (Lipinski definition) is 20. The third kappa shape index (κ3) is 26.0. The predicted octanol–water partition coefficient (Wildman–Crippen LogP) is 17.7. The first kappa shape index (κ1) is 104. The van der Waals surface area contributed by atoms with Crippen molar-refractivity contribution >= 4 is 70.3 Å². The Hall–Kier alpha value is -7.42. The van der Waals surface area contributed by atoms with Gasteiger partial charge in [0.25, 0.3) is 0 Å². The number of likely N-dealkylation sites (tertiary alicyclic amines) is 4. The van der Waals surface area contributed by atoms with Crippen LogP contribution in [0.5, 0.6) is 0 Å². The van der Waals surface area contributed by atoms with Crippen molar-refractivity contribution in [3.63, 3.8) is 0 Å². The number of ether oxygens (including phenoxy) is 4. The Morgan fingerprint density at radius 1 is 0.314 bits per heavy atom. The van der Waals surface area contributed by atoms with Gasteiger partial charge in [0.05, 0.1) is 0 Å². The molecule has 776 valence electrons. The second-order valence-corrected chi connectivity index (χ2v) is 43.7. The van der Waals surface area contributed by atoms with Crippen molar-refractivity contribution in [2.45, 2.75) is 255 Å². The maximum Gasteiger partial charge on any atom is 0.425 e. The number of aryl methyl sites for hydroxylation is 2. The molecule has 4 aromatic rings. The molecule has 4 saturated carbocycles. The van der Waals surface area contributed by atoms with Gasteiger partial charge in [0.2, 0.25) is 0 Å². The molecule has 38 heteroatoms. The summed E-state index contributed by atoms with van der Waals surface area (Å²) in [6.45, 7) is 34.2. The van der Waals surface area contributed by atoms with Crippen molar-refractivity contribution in [2.24, 2.45) is 23.7 Å². The molecule has 4 amide bonds. The van der Waals surface area contributed by atoms with Gasteiger partial charge in [-0.15, -0.1) is 0 Å². The van der Waals surface area contributed by atoms with Crippen LogP contribution < -0.4 is 19.6 Å². The number of nitrogens with zero attached hydrogens (tertiary/aromatic N) is 16. The molecule has 0 aromatic heterocycles. The monoisotopic (exact) mass is 2020 g/mol. The molecule has 0 N–H and O–H groups in total. The largest absolute Gasteiger partial charge is 0.437 e. The number of carbonyl (C=O) groups excluding carboxylic acids is 4. The summed E-state index contributed by atoms with van der Waals surface area (Å²) in [6.07, 6.45) is -9.10. The molecule has 8 unspecified atom stereocenters. The van der Waals surface area contributed by atoms with Gasteiger partial charge in [-0.2, -0.15) is 52.7 Å². The van der Waals surface area contributed by atoms with Crippen LogP contribution in [0.25, 0.3) is 0 Å². The fraction of sp³-hybridized carbons (Fsp3) is 0.725. The lowest BCUT2D eigenvalue weighted by Gasteiger charge is -2.46. The Labute approximate surface area is 826 Å². The fourth-order valence-corrected chi connectivity index (χ4v) is 24.1. The van der Waals surface area contributed by atoms with Crippen LogP contribution in [-0.2, 0) is 45.1 Å². The number of anilines is 4. The summed E-state index contributed by atoms with van der Waals surface area (Å²) < 4.78 is 171. The van der Waals surface area contributed by atoms with E-state index in [1.807, 2.05) is 12.1 Å². The number of piperidine rings is 2. The summed E-state index contributed by atoms with van der Waals surface area (Å²) >= 11 is 12.8. The van der Waals surface area contributed by atoms with E-state index in [0.717, 1.165) is 139 Å². The molecular weight excluding hydrogens is 1880 g/mol. The minimum atomic E-state index is -4.55. The highest BCUT2D eigenvalue weighted by Crippen LogP contribution is 2.50. The number of benzene rings is 4. The Morgan fingerprint density at radius 2 is 0.557 bits per heavy atom. The molecule has 16 fully saturated rings. The second-order valence-electron chi connectivity index (χ2n) is 42.8.